The van der Waals surface area contributed by atoms with Gasteiger partial charge in [-0.25, -0.2) is 15.8 Å². The van der Waals surface area contributed by atoms with Gasteiger partial charge >= 0.3 is 0 Å². The number of nitrogens with zero attached hydrogens (tertiary/aromatic N) is 3. The minimum atomic E-state index is 0.527. The van der Waals surface area contributed by atoms with Crippen molar-refractivity contribution in [1.82, 2.24) is 14.4 Å². The zero-order valence-corrected chi connectivity index (χ0v) is 13.1. The predicted octanol–water partition coefficient (Wildman–Crippen LogP) is 3.02. The topological polar surface area (TPSA) is 80.3 Å². The van der Waals surface area contributed by atoms with Crippen molar-refractivity contribution in [3.05, 3.63) is 45.4 Å². The third-order valence-corrected chi connectivity index (χ3v) is 3.69. The summed E-state index contributed by atoms with van der Waals surface area (Å²) in [6.45, 7) is 0. The summed E-state index contributed by atoms with van der Waals surface area (Å²) in [6, 6.07) is 5.73. The lowest BCUT2D eigenvalue weighted by molar-refractivity contribution is 1.11. The third kappa shape index (κ3) is 2.51. The Labute approximate surface area is 133 Å². The van der Waals surface area contributed by atoms with Gasteiger partial charge in [-0.15, -0.1) is 0 Å². The SMILES string of the molecule is NNc1cn2ccnc2c(Nc2ccc(I)cc2Cl)n1. The van der Waals surface area contributed by atoms with Crippen molar-refractivity contribution in [2.75, 3.05) is 10.7 Å². The fourth-order valence-electron chi connectivity index (χ4n) is 1.80. The number of hydrogen-bond acceptors (Lipinski definition) is 5. The van der Waals surface area contributed by atoms with E-state index in [-0.39, 0.29) is 0 Å². The van der Waals surface area contributed by atoms with Crippen molar-refractivity contribution in [3.63, 3.8) is 0 Å². The van der Waals surface area contributed by atoms with Gasteiger partial charge in [0.2, 0.25) is 0 Å². The zero-order chi connectivity index (χ0) is 14.1. The molecule has 4 N–H and O–H groups in total. The van der Waals surface area contributed by atoms with Crippen molar-refractivity contribution in [1.29, 1.82) is 0 Å². The largest absolute Gasteiger partial charge is 0.336 e. The summed E-state index contributed by atoms with van der Waals surface area (Å²) in [4.78, 5) is 8.62. The van der Waals surface area contributed by atoms with Gasteiger partial charge in [-0.2, -0.15) is 0 Å². The summed E-state index contributed by atoms with van der Waals surface area (Å²) in [5.74, 6) is 6.53. The van der Waals surface area contributed by atoms with Gasteiger partial charge in [0.25, 0.3) is 0 Å². The molecule has 20 heavy (non-hydrogen) atoms. The molecule has 2 heterocycles. The first-order valence-corrected chi connectivity index (χ1v) is 7.15. The molecule has 3 rings (SSSR count). The first kappa shape index (κ1) is 13.4. The Morgan fingerprint density at radius 3 is 2.95 bits per heavy atom. The molecule has 0 saturated heterocycles. The zero-order valence-electron chi connectivity index (χ0n) is 10.1. The number of benzene rings is 1. The highest BCUT2D eigenvalue weighted by molar-refractivity contribution is 14.1. The Morgan fingerprint density at radius 2 is 2.20 bits per heavy atom. The number of nitrogens with two attached hydrogens (primary N) is 1. The molecule has 6 nitrogen and oxygen atoms in total. The molecule has 0 amide bonds. The number of hydrogen-bond donors (Lipinski definition) is 3. The highest BCUT2D eigenvalue weighted by Crippen LogP contribution is 2.28. The second-order valence-electron chi connectivity index (χ2n) is 4.03. The Kier molecular flexibility index (Phi) is 3.64. The summed E-state index contributed by atoms with van der Waals surface area (Å²) in [7, 11) is 0. The van der Waals surface area contributed by atoms with E-state index in [0.717, 1.165) is 9.26 Å². The number of imidazole rings is 1. The van der Waals surface area contributed by atoms with Crippen LogP contribution in [-0.4, -0.2) is 14.4 Å². The van der Waals surface area contributed by atoms with Gasteiger partial charge in [0.15, 0.2) is 17.3 Å². The molecule has 0 aliphatic rings. The monoisotopic (exact) mass is 400 g/mol. The van der Waals surface area contributed by atoms with E-state index in [1.54, 1.807) is 12.4 Å². The van der Waals surface area contributed by atoms with Crippen LogP contribution in [0.2, 0.25) is 5.02 Å². The van der Waals surface area contributed by atoms with Crippen LogP contribution < -0.4 is 16.6 Å². The van der Waals surface area contributed by atoms with E-state index in [1.165, 1.54) is 0 Å². The van der Waals surface area contributed by atoms with Gasteiger partial charge in [-0.3, -0.25) is 0 Å². The second-order valence-corrected chi connectivity index (χ2v) is 5.68. The maximum absolute atomic E-state index is 6.22. The number of anilines is 3. The highest BCUT2D eigenvalue weighted by atomic mass is 127. The molecule has 0 atom stereocenters. The van der Waals surface area contributed by atoms with Crippen LogP contribution in [0.25, 0.3) is 5.65 Å². The smallest absolute Gasteiger partial charge is 0.180 e. The number of hydrazine groups is 1. The Morgan fingerprint density at radius 1 is 1.35 bits per heavy atom. The number of nitrogens with one attached hydrogen (secondary N) is 2. The van der Waals surface area contributed by atoms with Gasteiger partial charge < -0.3 is 15.1 Å². The van der Waals surface area contributed by atoms with Gasteiger partial charge in [0.05, 0.1) is 16.9 Å². The summed E-state index contributed by atoms with van der Waals surface area (Å²) < 4.78 is 2.89. The van der Waals surface area contributed by atoms with Crippen molar-refractivity contribution < 1.29 is 0 Å². The van der Waals surface area contributed by atoms with Crippen molar-refractivity contribution in [3.8, 4) is 0 Å². The summed E-state index contributed by atoms with van der Waals surface area (Å²) in [5, 5.41) is 3.80. The van der Waals surface area contributed by atoms with Crippen LogP contribution in [0.3, 0.4) is 0 Å². The fourth-order valence-corrected chi connectivity index (χ4v) is 2.71. The average Bonchev–Trinajstić information content (AvgIpc) is 2.90. The van der Waals surface area contributed by atoms with E-state index in [1.807, 2.05) is 28.8 Å². The minimum Gasteiger partial charge on any atom is -0.336 e. The van der Waals surface area contributed by atoms with Gasteiger partial charge in [0.1, 0.15) is 0 Å². The maximum Gasteiger partial charge on any atom is 0.180 e. The quantitative estimate of drug-likeness (QED) is 0.358. The lowest BCUT2D eigenvalue weighted by Crippen LogP contribution is -2.11. The van der Waals surface area contributed by atoms with E-state index in [0.29, 0.717) is 22.3 Å². The van der Waals surface area contributed by atoms with E-state index < -0.39 is 0 Å². The van der Waals surface area contributed by atoms with E-state index in [9.17, 15) is 0 Å². The number of aromatic nitrogens is 3. The van der Waals surface area contributed by atoms with Crippen LogP contribution in [0.5, 0.6) is 0 Å². The molecule has 0 saturated carbocycles. The van der Waals surface area contributed by atoms with Crippen LogP contribution in [0, 0.1) is 3.57 Å². The van der Waals surface area contributed by atoms with E-state index >= 15 is 0 Å². The van der Waals surface area contributed by atoms with Crippen molar-refractivity contribution in [2.24, 2.45) is 5.84 Å². The number of halogens is 2. The summed E-state index contributed by atoms with van der Waals surface area (Å²) in [6.07, 6.45) is 5.26. The van der Waals surface area contributed by atoms with Crippen LogP contribution >= 0.6 is 34.2 Å². The van der Waals surface area contributed by atoms with Gasteiger partial charge in [0, 0.05) is 16.0 Å². The van der Waals surface area contributed by atoms with E-state index in [4.69, 9.17) is 17.4 Å². The normalized spacial score (nSPS) is 10.8. The lowest BCUT2D eigenvalue weighted by Gasteiger charge is -2.10. The fraction of sp³-hybridized carbons (Fsp3) is 0. The molecule has 2 aromatic heterocycles. The summed E-state index contributed by atoms with van der Waals surface area (Å²) in [5.41, 5.74) is 3.98. The molecule has 1 aromatic carbocycles. The first-order chi connectivity index (χ1) is 9.67. The van der Waals surface area contributed by atoms with Gasteiger partial charge in [-0.1, -0.05) is 11.6 Å². The predicted molar refractivity (Wildman–Crippen MR) is 88.2 cm³/mol. The number of fused-ring (bicyclic) bond motifs is 1. The molecule has 3 aromatic rings. The van der Waals surface area contributed by atoms with Crippen LogP contribution in [0.1, 0.15) is 0 Å². The third-order valence-electron chi connectivity index (χ3n) is 2.71. The van der Waals surface area contributed by atoms with Crippen molar-refractivity contribution in [2.45, 2.75) is 0 Å². The number of nitrogen functional groups attached to an aromatic ring is 1. The van der Waals surface area contributed by atoms with Crippen molar-refractivity contribution >= 4 is 57.2 Å². The molecule has 0 bridgehead atoms. The Bertz CT molecular complexity index is 772. The molecule has 8 heteroatoms. The van der Waals surface area contributed by atoms with E-state index in [2.05, 4.69) is 43.3 Å². The molecular weight excluding hydrogens is 391 g/mol. The second kappa shape index (κ2) is 5.43. The molecule has 0 radical (unpaired) electrons. The molecule has 0 fully saturated rings. The van der Waals surface area contributed by atoms with Gasteiger partial charge in [-0.05, 0) is 40.8 Å². The minimum absolute atomic E-state index is 0.527. The maximum atomic E-state index is 6.22. The molecule has 0 aliphatic carbocycles. The standard InChI is InChI=1S/C12H10ClIN6/c13-8-5-7(14)1-2-9(8)17-11-12-16-3-4-20(12)6-10(18-11)19-15/h1-6,19H,15H2,(H,17,18). The number of rotatable bonds is 3. The molecule has 102 valence electrons. The first-order valence-electron chi connectivity index (χ1n) is 5.70. The Hall–Kier alpha value is -1.58. The van der Waals surface area contributed by atoms with Crippen LogP contribution in [0.15, 0.2) is 36.8 Å². The summed E-state index contributed by atoms with van der Waals surface area (Å²) >= 11 is 8.42. The van der Waals surface area contributed by atoms with Crippen LogP contribution in [-0.2, 0) is 0 Å². The van der Waals surface area contributed by atoms with Crippen LogP contribution in [0.4, 0.5) is 17.3 Å². The molecular formula is C12H10ClIN6. The molecule has 0 aliphatic heterocycles. The average molecular weight is 401 g/mol. The lowest BCUT2D eigenvalue weighted by atomic mass is 10.3. The highest BCUT2D eigenvalue weighted by Gasteiger charge is 2.09. The molecule has 0 spiro atoms. The molecule has 0 unspecified atom stereocenters. The Balaban J connectivity index is 2.07.